The molecule has 3 fully saturated rings. The minimum Gasteiger partial charge on any atom is -0.460 e. The van der Waals surface area contributed by atoms with Crippen molar-refractivity contribution >= 4 is 18.0 Å². The summed E-state index contributed by atoms with van der Waals surface area (Å²) in [6.07, 6.45) is -0.0854. The van der Waals surface area contributed by atoms with Gasteiger partial charge >= 0.3 is 18.0 Å². The monoisotopic (exact) mass is 327 g/mol. The average Bonchev–Trinajstić information content (AvgIpc) is 2.34. The van der Waals surface area contributed by atoms with E-state index in [-0.39, 0.29) is 5.92 Å². The van der Waals surface area contributed by atoms with E-state index in [1.165, 1.54) is 13.8 Å². The molecule has 0 radical (unpaired) electrons. The molecule has 1 aliphatic carbocycles. The Bertz CT molecular complexity index is 471. The van der Waals surface area contributed by atoms with Crippen LogP contribution in [0, 0.1) is 5.92 Å². The van der Waals surface area contributed by atoms with Gasteiger partial charge in [0.15, 0.2) is 0 Å². The van der Waals surface area contributed by atoms with Crippen LogP contribution in [0.4, 0.5) is 4.79 Å². The first kappa shape index (κ1) is 17.6. The molecule has 7 heteroatoms. The quantitative estimate of drug-likeness (QED) is 0.569. The van der Waals surface area contributed by atoms with Crippen LogP contribution in [0.15, 0.2) is 0 Å². The number of piperidine rings is 2. The van der Waals surface area contributed by atoms with E-state index in [4.69, 9.17) is 14.2 Å². The predicted molar refractivity (Wildman–Crippen MR) is 80.6 cm³/mol. The van der Waals surface area contributed by atoms with Crippen molar-refractivity contribution in [3.05, 3.63) is 0 Å². The first-order valence-electron chi connectivity index (χ1n) is 7.91. The van der Waals surface area contributed by atoms with Gasteiger partial charge in [-0.15, -0.1) is 0 Å². The molecule has 23 heavy (non-hydrogen) atoms. The number of carbonyl (C=O) groups excluding carboxylic acids is 3. The molecule has 0 aromatic carbocycles. The fourth-order valence-corrected chi connectivity index (χ4v) is 3.40. The molecule has 2 heterocycles. The highest BCUT2D eigenvalue weighted by Gasteiger charge is 2.52. The van der Waals surface area contributed by atoms with E-state index in [9.17, 15) is 14.4 Å². The number of amides is 1. The first-order valence-corrected chi connectivity index (χ1v) is 7.91. The van der Waals surface area contributed by atoms with Gasteiger partial charge in [0, 0.05) is 20.4 Å². The average molecular weight is 327 g/mol. The van der Waals surface area contributed by atoms with E-state index in [2.05, 4.69) is 0 Å². The van der Waals surface area contributed by atoms with Gasteiger partial charge in [-0.05, 0) is 39.5 Å². The molecule has 1 amide bonds. The van der Waals surface area contributed by atoms with Crippen molar-refractivity contribution in [1.29, 1.82) is 0 Å². The smallest absolute Gasteiger partial charge is 0.410 e. The van der Waals surface area contributed by atoms with Gasteiger partial charge < -0.3 is 14.2 Å². The third kappa shape index (κ3) is 4.36. The van der Waals surface area contributed by atoms with Crippen molar-refractivity contribution in [3.8, 4) is 0 Å². The van der Waals surface area contributed by atoms with Crippen molar-refractivity contribution in [2.24, 2.45) is 5.92 Å². The largest absolute Gasteiger partial charge is 0.460 e. The molecule has 3 aliphatic rings. The van der Waals surface area contributed by atoms with E-state index in [1.54, 1.807) is 25.7 Å². The summed E-state index contributed by atoms with van der Waals surface area (Å²) in [6.45, 7) is 8.57. The second-order valence-electron chi connectivity index (χ2n) is 7.26. The number of rotatable bonds is 2. The van der Waals surface area contributed by atoms with E-state index < -0.39 is 41.9 Å². The van der Waals surface area contributed by atoms with Crippen LogP contribution in [-0.4, -0.2) is 53.3 Å². The summed E-state index contributed by atoms with van der Waals surface area (Å²) >= 11 is 0. The van der Waals surface area contributed by atoms with Crippen LogP contribution in [-0.2, 0) is 23.8 Å². The standard InChI is InChI=1S/C16H25NO6/c1-9(18)21-12-6-11-7-13(22-10(2)19)14(12)17(8-11)15(20)23-16(3,4)5/h11-14H,6-8H2,1-5H3/t11?,12-,13+,14?. The van der Waals surface area contributed by atoms with Crippen LogP contribution in [0.3, 0.4) is 0 Å². The Labute approximate surface area is 136 Å². The molecule has 1 saturated carbocycles. The highest BCUT2D eigenvalue weighted by Crippen LogP contribution is 2.39. The van der Waals surface area contributed by atoms with Crippen LogP contribution in [0.25, 0.3) is 0 Å². The zero-order chi connectivity index (χ0) is 17.4. The normalized spacial score (nSPS) is 29.9. The lowest BCUT2D eigenvalue weighted by Gasteiger charge is -2.51. The third-order valence-corrected chi connectivity index (χ3v) is 3.97. The number of fused-ring (bicyclic) bond motifs is 3. The van der Waals surface area contributed by atoms with Crippen LogP contribution in [0.5, 0.6) is 0 Å². The van der Waals surface area contributed by atoms with Gasteiger partial charge in [0.25, 0.3) is 0 Å². The Morgan fingerprint density at radius 3 is 1.83 bits per heavy atom. The number of nitrogens with zero attached hydrogens (tertiary/aromatic N) is 1. The lowest BCUT2D eigenvalue weighted by Crippen LogP contribution is -2.65. The molecule has 0 N–H and O–H groups in total. The van der Waals surface area contributed by atoms with Gasteiger partial charge in [0.05, 0.1) is 0 Å². The Morgan fingerprint density at radius 1 is 0.957 bits per heavy atom. The van der Waals surface area contributed by atoms with Gasteiger partial charge in [-0.25, -0.2) is 4.79 Å². The Balaban J connectivity index is 2.22. The Hall–Kier alpha value is -1.79. The summed E-state index contributed by atoms with van der Waals surface area (Å²) in [5.41, 5.74) is -0.623. The number of ether oxygens (including phenoxy) is 3. The minimum atomic E-state index is -0.623. The van der Waals surface area contributed by atoms with Crippen LogP contribution in [0.2, 0.25) is 0 Å². The second-order valence-corrected chi connectivity index (χ2v) is 7.26. The SMILES string of the molecule is CC(=O)O[C@H]1CC2C[C@@H](OC(C)=O)C1N(C(=O)OC(C)(C)C)C2. The molecule has 2 bridgehead atoms. The molecule has 0 spiro atoms. The Morgan fingerprint density at radius 2 is 1.43 bits per heavy atom. The number of hydrogen-bond donors (Lipinski definition) is 0. The van der Waals surface area contributed by atoms with Gasteiger partial charge in [0.2, 0.25) is 0 Å². The molecule has 130 valence electrons. The summed E-state index contributed by atoms with van der Waals surface area (Å²) in [5.74, 6) is -0.706. The summed E-state index contributed by atoms with van der Waals surface area (Å²) in [6, 6.07) is -0.498. The zero-order valence-electron chi connectivity index (χ0n) is 14.3. The number of esters is 2. The van der Waals surface area contributed by atoms with E-state index >= 15 is 0 Å². The number of carbonyl (C=O) groups is 3. The van der Waals surface area contributed by atoms with E-state index in [0.717, 1.165) is 0 Å². The third-order valence-electron chi connectivity index (χ3n) is 3.97. The van der Waals surface area contributed by atoms with Crippen molar-refractivity contribution in [1.82, 2.24) is 4.90 Å². The van der Waals surface area contributed by atoms with Gasteiger partial charge in [0.1, 0.15) is 23.9 Å². The maximum Gasteiger partial charge on any atom is 0.410 e. The molecule has 3 rings (SSSR count). The molecular formula is C16H25NO6. The van der Waals surface area contributed by atoms with E-state index in [0.29, 0.717) is 19.4 Å². The fraction of sp³-hybridized carbons (Fsp3) is 0.812. The maximum atomic E-state index is 12.5. The molecule has 7 nitrogen and oxygen atoms in total. The lowest BCUT2D eigenvalue weighted by molar-refractivity contribution is -0.180. The van der Waals surface area contributed by atoms with Gasteiger partial charge in [-0.1, -0.05) is 0 Å². The second kappa shape index (κ2) is 6.37. The highest BCUT2D eigenvalue weighted by molar-refractivity contribution is 5.70. The first-order chi connectivity index (χ1) is 10.6. The molecule has 2 saturated heterocycles. The molecule has 4 atom stereocenters. The topological polar surface area (TPSA) is 82.1 Å². The van der Waals surface area contributed by atoms with Crippen molar-refractivity contribution in [2.75, 3.05) is 6.54 Å². The fourth-order valence-electron chi connectivity index (χ4n) is 3.40. The van der Waals surface area contributed by atoms with Gasteiger partial charge in [-0.3, -0.25) is 14.5 Å². The zero-order valence-corrected chi connectivity index (χ0v) is 14.3. The summed E-state index contributed by atoms with van der Waals surface area (Å²) in [4.78, 5) is 36.8. The highest BCUT2D eigenvalue weighted by atomic mass is 16.6. The van der Waals surface area contributed by atoms with Crippen LogP contribution < -0.4 is 0 Å². The van der Waals surface area contributed by atoms with Crippen LogP contribution >= 0.6 is 0 Å². The molecule has 0 aromatic rings. The molecular weight excluding hydrogens is 302 g/mol. The Kier molecular flexibility index (Phi) is 4.87. The molecule has 0 aromatic heterocycles. The number of hydrogen-bond acceptors (Lipinski definition) is 6. The minimum absolute atomic E-state index is 0.112. The van der Waals surface area contributed by atoms with E-state index in [1.807, 2.05) is 0 Å². The van der Waals surface area contributed by atoms with Crippen molar-refractivity contribution in [2.45, 2.75) is 71.3 Å². The van der Waals surface area contributed by atoms with Crippen LogP contribution in [0.1, 0.15) is 47.5 Å². The predicted octanol–water partition coefficient (Wildman–Crippen LogP) is 1.88. The van der Waals surface area contributed by atoms with Crippen molar-refractivity contribution in [3.63, 3.8) is 0 Å². The summed E-state index contributed by atoms with van der Waals surface area (Å²) in [7, 11) is 0. The molecule has 2 aliphatic heterocycles. The maximum absolute atomic E-state index is 12.5. The van der Waals surface area contributed by atoms with Crippen molar-refractivity contribution < 1.29 is 28.6 Å². The lowest BCUT2D eigenvalue weighted by atomic mass is 9.76. The van der Waals surface area contributed by atoms with Gasteiger partial charge in [-0.2, -0.15) is 0 Å². The summed E-state index contributed by atoms with van der Waals surface area (Å²) in [5, 5.41) is 0. The summed E-state index contributed by atoms with van der Waals surface area (Å²) < 4.78 is 16.2. The molecule has 2 unspecified atom stereocenters.